The van der Waals surface area contributed by atoms with Crippen LogP contribution in [-0.4, -0.2) is 27.3 Å². The van der Waals surface area contributed by atoms with E-state index in [1.165, 1.54) is 12.1 Å². The number of carbonyl (C=O) groups is 1. The first kappa shape index (κ1) is 18.8. The van der Waals surface area contributed by atoms with E-state index in [0.717, 1.165) is 23.5 Å². The van der Waals surface area contributed by atoms with Crippen molar-refractivity contribution in [1.29, 1.82) is 0 Å². The molecule has 3 rings (SSSR count). The zero-order valence-electron chi connectivity index (χ0n) is 13.9. The molecular weight excluding hydrogens is 383 g/mol. The average Bonchev–Trinajstić information content (AvgIpc) is 3.02. The minimum Gasteiger partial charge on any atom is -0.457 e. The van der Waals surface area contributed by atoms with Crippen LogP contribution in [0.3, 0.4) is 0 Å². The summed E-state index contributed by atoms with van der Waals surface area (Å²) in [4.78, 5) is 25.0. The lowest BCUT2D eigenvalue weighted by molar-refractivity contribution is -0.274. The zero-order chi connectivity index (χ0) is 19.4. The first-order valence-corrected chi connectivity index (χ1v) is 8.40. The Bertz CT molecular complexity index is 928. The van der Waals surface area contributed by atoms with Crippen LogP contribution in [0.25, 0.3) is 10.8 Å². The van der Waals surface area contributed by atoms with E-state index in [4.69, 9.17) is 4.74 Å². The molecule has 0 saturated carbocycles. The van der Waals surface area contributed by atoms with Crippen LogP contribution in [0.2, 0.25) is 0 Å². The van der Waals surface area contributed by atoms with Crippen LogP contribution in [0.5, 0.6) is 5.75 Å². The molecule has 0 N–H and O–H groups in total. The fourth-order valence-electron chi connectivity index (χ4n) is 2.09. The average molecular weight is 395 g/mol. The highest BCUT2D eigenvalue weighted by molar-refractivity contribution is 7.16. The van der Waals surface area contributed by atoms with Gasteiger partial charge in [-0.25, -0.2) is 19.7 Å². The van der Waals surface area contributed by atoms with Crippen molar-refractivity contribution >= 4 is 17.3 Å². The molecular formula is C17H12F3N3O3S. The van der Waals surface area contributed by atoms with E-state index in [-0.39, 0.29) is 12.4 Å². The summed E-state index contributed by atoms with van der Waals surface area (Å²) in [5.41, 5.74) is 1.01. The molecule has 0 aliphatic rings. The van der Waals surface area contributed by atoms with Crippen molar-refractivity contribution in [2.24, 2.45) is 0 Å². The smallest absolute Gasteiger partial charge is 0.457 e. The summed E-state index contributed by atoms with van der Waals surface area (Å²) in [6.07, 6.45) is -1.61. The van der Waals surface area contributed by atoms with Crippen LogP contribution in [0.15, 0.2) is 42.7 Å². The van der Waals surface area contributed by atoms with Gasteiger partial charge in [-0.2, -0.15) is 0 Å². The van der Waals surface area contributed by atoms with Crippen molar-refractivity contribution < 1.29 is 27.4 Å². The number of ether oxygens (including phenoxy) is 2. The molecule has 0 aliphatic carbocycles. The molecule has 0 saturated heterocycles. The summed E-state index contributed by atoms with van der Waals surface area (Å²) >= 11 is 1.11. The molecule has 2 aromatic heterocycles. The Morgan fingerprint density at radius 1 is 1.15 bits per heavy atom. The fraction of sp³-hybridized carbons (Fsp3) is 0.176. The second-order valence-corrected chi connectivity index (χ2v) is 6.27. The molecule has 27 heavy (non-hydrogen) atoms. The largest absolute Gasteiger partial charge is 0.573 e. The summed E-state index contributed by atoms with van der Waals surface area (Å²) < 4.78 is 45.4. The van der Waals surface area contributed by atoms with E-state index in [1.54, 1.807) is 25.4 Å². The van der Waals surface area contributed by atoms with Gasteiger partial charge in [-0.3, -0.25) is 0 Å². The minimum absolute atomic E-state index is 0.0976. The fourth-order valence-corrected chi connectivity index (χ4v) is 3.00. The Balaban J connectivity index is 1.64. The quantitative estimate of drug-likeness (QED) is 0.604. The van der Waals surface area contributed by atoms with Crippen molar-refractivity contribution in [3.63, 3.8) is 0 Å². The molecule has 0 fully saturated rings. The number of halogens is 3. The Morgan fingerprint density at radius 2 is 1.81 bits per heavy atom. The number of alkyl halides is 3. The molecule has 0 atom stereocenters. The number of benzene rings is 1. The first-order valence-electron chi connectivity index (χ1n) is 7.58. The molecule has 0 radical (unpaired) electrons. The van der Waals surface area contributed by atoms with Gasteiger partial charge in [-0.05, 0) is 30.7 Å². The molecule has 3 aromatic rings. The van der Waals surface area contributed by atoms with Gasteiger partial charge in [0.15, 0.2) is 10.8 Å². The van der Waals surface area contributed by atoms with Gasteiger partial charge in [0, 0.05) is 12.4 Å². The summed E-state index contributed by atoms with van der Waals surface area (Å²) in [5.74, 6) is -0.518. The SMILES string of the molecule is Cc1nc(-c2ncccn2)sc1C(=O)OCc1ccc(OC(F)(F)F)cc1. The van der Waals surface area contributed by atoms with Crippen molar-refractivity contribution in [3.8, 4) is 16.6 Å². The van der Waals surface area contributed by atoms with E-state index in [9.17, 15) is 18.0 Å². The highest BCUT2D eigenvalue weighted by Gasteiger charge is 2.31. The van der Waals surface area contributed by atoms with Crippen molar-refractivity contribution in [3.05, 3.63) is 58.9 Å². The third-order valence-electron chi connectivity index (χ3n) is 3.27. The number of thiazole rings is 1. The summed E-state index contributed by atoms with van der Waals surface area (Å²) in [7, 11) is 0. The van der Waals surface area contributed by atoms with Gasteiger partial charge in [0.05, 0.1) is 5.69 Å². The zero-order valence-corrected chi connectivity index (χ0v) is 14.7. The molecule has 2 heterocycles. The number of esters is 1. The van der Waals surface area contributed by atoms with Gasteiger partial charge in [0.1, 0.15) is 17.2 Å². The maximum absolute atomic E-state index is 12.3. The molecule has 0 unspecified atom stereocenters. The Kier molecular flexibility index (Phi) is 5.36. The highest BCUT2D eigenvalue weighted by atomic mass is 32.1. The second-order valence-electron chi connectivity index (χ2n) is 5.27. The van der Waals surface area contributed by atoms with Crippen molar-refractivity contribution in [2.75, 3.05) is 0 Å². The number of nitrogens with zero attached hydrogens (tertiary/aromatic N) is 3. The molecule has 10 heteroatoms. The lowest BCUT2D eigenvalue weighted by Crippen LogP contribution is -2.17. The van der Waals surface area contributed by atoms with Gasteiger partial charge in [-0.15, -0.1) is 24.5 Å². The van der Waals surface area contributed by atoms with Crippen LogP contribution < -0.4 is 4.74 Å². The van der Waals surface area contributed by atoms with Crippen LogP contribution in [0, 0.1) is 6.92 Å². The number of rotatable bonds is 5. The van der Waals surface area contributed by atoms with Gasteiger partial charge < -0.3 is 9.47 Å². The number of hydrogen-bond donors (Lipinski definition) is 0. The third-order valence-corrected chi connectivity index (χ3v) is 4.40. The summed E-state index contributed by atoms with van der Waals surface area (Å²) in [6.45, 7) is 1.57. The van der Waals surface area contributed by atoms with Crippen LogP contribution in [0.1, 0.15) is 20.9 Å². The predicted octanol–water partition coefficient (Wildman–Crippen LogP) is 4.16. The molecule has 6 nitrogen and oxygen atoms in total. The Morgan fingerprint density at radius 3 is 2.44 bits per heavy atom. The number of aromatic nitrogens is 3. The molecule has 0 bridgehead atoms. The monoisotopic (exact) mass is 395 g/mol. The normalized spacial score (nSPS) is 11.3. The third kappa shape index (κ3) is 5.00. The van der Waals surface area contributed by atoms with E-state index >= 15 is 0 Å². The van der Waals surface area contributed by atoms with Crippen molar-refractivity contribution in [2.45, 2.75) is 19.9 Å². The lowest BCUT2D eigenvalue weighted by Gasteiger charge is -2.09. The van der Waals surface area contributed by atoms with Gasteiger partial charge in [0.25, 0.3) is 0 Å². The minimum atomic E-state index is -4.75. The molecule has 0 spiro atoms. The van der Waals surface area contributed by atoms with Crippen molar-refractivity contribution in [1.82, 2.24) is 15.0 Å². The first-order chi connectivity index (χ1) is 12.8. The van der Waals surface area contributed by atoms with Gasteiger partial charge >= 0.3 is 12.3 Å². The molecule has 0 amide bonds. The number of hydrogen-bond acceptors (Lipinski definition) is 7. The summed E-state index contributed by atoms with van der Waals surface area (Å²) in [5, 5.41) is 0.494. The standard InChI is InChI=1S/C17H12F3N3O3S/c1-10-13(27-15(23-10)14-21-7-2-8-22-14)16(24)25-9-11-3-5-12(6-4-11)26-17(18,19)20/h2-8H,9H2,1H3. The maximum atomic E-state index is 12.3. The lowest BCUT2D eigenvalue weighted by atomic mass is 10.2. The number of carbonyl (C=O) groups excluding carboxylic acids is 1. The highest BCUT2D eigenvalue weighted by Crippen LogP contribution is 2.26. The predicted molar refractivity (Wildman–Crippen MR) is 90.1 cm³/mol. The van der Waals surface area contributed by atoms with E-state index in [1.807, 2.05) is 0 Å². The Labute approximate surface area is 155 Å². The number of aryl methyl sites for hydroxylation is 1. The van der Waals surface area contributed by atoms with Crippen LogP contribution in [0.4, 0.5) is 13.2 Å². The van der Waals surface area contributed by atoms with E-state index < -0.39 is 12.3 Å². The Hall–Kier alpha value is -3.01. The van der Waals surface area contributed by atoms with E-state index in [0.29, 0.717) is 27.0 Å². The molecule has 1 aromatic carbocycles. The maximum Gasteiger partial charge on any atom is 0.573 e. The van der Waals surface area contributed by atoms with Crippen LogP contribution in [-0.2, 0) is 11.3 Å². The van der Waals surface area contributed by atoms with Gasteiger partial charge in [0.2, 0.25) is 0 Å². The molecule has 140 valence electrons. The van der Waals surface area contributed by atoms with E-state index in [2.05, 4.69) is 19.7 Å². The summed E-state index contributed by atoms with van der Waals surface area (Å²) in [6, 6.07) is 6.75. The van der Waals surface area contributed by atoms with Gasteiger partial charge in [-0.1, -0.05) is 12.1 Å². The molecule has 0 aliphatic heterocycles. The van der Waals surface area contributed by atoms with Crippen LogP contribution >= 0.6 is 11.3 Å². The second kappa shape index (κ2) is 7.70. The topological polar surface area (TPSA) is 74.2 Å².